The smallest absolute Gasteiger partial charge is 0.243 e. The van der Waals surface area contributed by atoms with Gasteiger partial charge in [0, 0.05) is 26.6 Å². The lowest BCUT2D eigenvalue weighted by Gasteiger charge is -2.20. The number of nitrogens with one attached hydrogen (secondary N) is 3. The van der Waals surface area contributed by atoms with Crippen molar-refractivity contribution in [1.29, 1.82) is 0 Å². The van der Waals surface area contributed by atoms with Crippen LogP contribution in [-0.2, 0) is 14.8 Å². The number of sulfonamides is 1. The summed E-state index contributed by atoms with van der Waals surface area (Å²) in [6.45, 7) is 6.41. The summed E-state index contributed by atoms with van der Waals surface area (Å²) in [6.07, 6.45) is 2.38. The van der Waals surface area contributed by atoms with Gasteiger partial charge in [0.25, 0.3) is 0 Å². The highest BCUT2D eigenvalue weighted by atomic mass is 35.5. The number of hydrogen-bond acceptors (Lipinski definition) is 5. The Balaban J connectivity index is 0.00000364. The van der Waals surface area contributed by atoms with Crippen molar-refractivity contribution in [1.82, 2.24) is 9.62 Å². The quantitative estimate of drug-likeness (QED) is 0.573. The van der Waals surface area contributed by atoms with Crippen LogP contribution in [0.15, 0.2) is 23.1 Å². The molecule has 154 valence electrons. The molecule has 1 amide bonds. The third-order valence-electron chi connectivity index (χ3n) is 4.82. The van der Waals surface area contributed by atoms with E-state index >= 15 is 0 Å². The number of halogens is 1. The van der Waals surface area contributed by atoms with Crippen LogP contribution in [0.5, 0.6) is 0 Å². The Morgan fingerprint density at radius 2 is 1.96 bits per heavy atom. The first-order valence-electron chi connectivity index (χ1n) is 9.24. The normalized spacial score (nSPS) is 16.8. The Hall–Kier alpha value is -1.35. The van der Waals surface area contributed by atoms with E-state index in [0.29, 0.717) is 36.8 Å². The van der Waals surface area contributed by atoms with E-state index in [1.807, 2.05) is 13.8 Å². The van der Waals surface area contributed by atoms with Gasteiger partial charge in [-0.15, -0.1) is 12.4 Å². The Morgan fingerprint density at radius 3 is 2.52 bits per heavy atom. The minimum absolute atomic E-state index is 0. The van der Waals surface area contributed by atoms with Gasteiger partial charge in [-0.2, -0.15) is 4.31 Å². The maximum Gasteiger partial charge on any atom is 0.243 e. The molecule has 27 heavy (non-hydrogen) atoms. The highest BCUT2D eigenvalue weighted by Crippen LogP contribution is 2.27. The summed E-state index contributed by atoms with van der Waals surface area (Å²) >= 11 is 0. The number of anilines is 2. The second-order valence-electron chi connectivity index (χ2n) is 6.49. The Labute approximate surface area is 168 Å². The van der Waals surface area contributed by atoms with Gasteiger partial charge in [0.15, 0.2) is 0 Å². The van der Waals surface area contributed by atoms with E-state index in [4.69, 9.17) is 0 Å². The average Bonchev–Trinajstić information content (AvgIpc) is 3.14. The summed E-state index contributed by atoms with van der Waals surface area (Å²) in [5, 5.41) is 9.17. The van der Waals surface area contributed by atoms with Gasteiger partial charge in [-0.05, 0) is 50.0 Å². The first-order valence-corrected chi connectivity index (χ1v) is 10.7. The van der Waals surface area contributed by atoms with Crippen LogP contribution in [0.3, 0.4) is 0 Å². The average molecular weight is 419 g/mol. The predicted octanol–water partition coefficient (Wildman–Crippen LogP) is 2.51. The van der Waals surface area contributed by atoms with Crippen LogP contribution >= 0.6 is 12.4 Å². The number of amides is 1. The van der Waals surface area contributed by atoms with Crippen molar-refractivity contribution < 1.29 is 13.2 Å². The van der Waals surface area contributed by atoms with Gasteiger partial charge in [0.2, 0.25) is 15.9 Å². The third-order valence-corrected chi connectivity index (χ3v) is 6.87. The first kappa shape index (κ1) is 23.7. The van der Waals surface area contributed by atoms with Crippen LogP contribution in [0.1, 0.15) is 33.1 Å². The number of nitrogens with zero attached hydrogens (tertiary/aromatic N) is 1. The Kier molecular flexibility index (Phi) is 9.52. The topological polar surface area (TPSA) is 90.5 Å². The summed E-state index contributed by atoms with van der Waals surface area (Å²) in [5.41, 5.74) is 1.19. The van der Waals surface area contributed by atoms with Crippen molar-refractivity contribution in [2.45, 2.75) is 38.0 Å². The van der Waals surface area contributed by atoms with Gasteiger partial charge in [0.05, 0.1) is 16.3 Å². The van der Waals surface area contributed by atoms with E-state index < -0.39 is 10.0 Å². The maximum absolute atomic E-state index is 12.7. The minimum atomic E-state index is -3.56. The van der Waals surface area contributed by atoms with Crippen LogP contribution < -0.4 is 16.0 Å². The molecule has 1 aromatic carbocycles. The van der Waals surface area contributed by atoms with Gasteiger partial charge in [-0.3, -0.25) is 4.79 Å². The van der Waals surface area contributed by atoms with Crippen molar-refractivity contribution in [3.8, 4) is 0 Å². The van der Waals surface area contributed by atoms with Crippen LogP contribution in [0.4, 0.5) is 11.4 Å². The molecule has 1 atom stereocenters. The molecule has 3 N–H and O–H groups in total. The molecule has 1 unspecified atom stereocenters. The van der Waals surface area contributed by atoms with Crippen molar-refractivity contribution >= 4 is 39.7 Å². The molecule has 1 fully saturated rings. The van der Waals surface area contributed by atoms with Crippen LogP contribution in [0.25, 0.3) is 0 Å². The molecule has 1 aromatic rings. The van der Waals surface area contributed by atoms with Crippen LogP contribution in [0, 0.1) is 5.92 Å². The predicted molar refractivity (Wildman–Crippen MR) is 112 cm³/mol. The lowest BCUT2D eigenvalue weighted by atomic mass is 10.0. The van der Waals surface area contributed by atoms with Crippen LogP contribution in [-0.4, -0.2) is 51.9 Å². The summed E-state index contributed by atoms with van der Waals surface area (Å²) < 4.78 is 26.8. The van der Waals surface area contributed by atoms with Gasteiger partial charge >= 0.3 is 0 Å². The fourth-order valence-corrected chi connectivity index (χ4v) is 4.71. The van der Waals surface area contributed by atoms with Gasteiger partial charge < -0.3 is 16.0 Å². The Morgan fingerprint density at radius 1 is 1.26 bits per heavy atom. The molecule has 1 heterocycles. The van der Waals surface area contributed by atoms with Gasteiger partial charge in [-0.1, -0.05) is 13.8 Å². The van der Waals surface area contributed by atoms with Crippen LogP contribution in [0.2, 0.25) is 0 Å². The number of carbonyl (C=O) groups is 1. The van der Waals surface area contributed by atoms with Crippen molar-refractivity contribution in [3.63, 3.8) is 0 Å². The molecule has 0 bridgehead atoms. The zero-order valence-electron chi connectivity index (χ0n) is 16.2. The molecule has 0 aliphatic carbocycles. The Bertz CT molecular complexity index is 717. The summed E-state index contributed by atoms with van der Waals surface area (Å²) in [6, 6.07) is 4.79. The highest BCUT2D eigenvalue weighted by Gasteiger charge is 2.23. The van der Waals surface area contributed by atoms with Gasteiger partial charge in [-0.25, -0.2) is 8.42 Å². The molecule has 7 nitrogen and oxygen atoms in total. The van der Waals surface area contributed by atoms with E-state index in [1.54, 1.807) is 19.2 Å². The molecule has 0 saturated carbocycles. The SMILES string of the molecule is CCN(CC)S(=O)(=O)c1ccc(NC)c(NC(=O)CCC2CCNC2)c1.Cl. The molecule has 0 aromatic heterocycles. The molecule has 0 radical (unpaired) electrons. The molecule has 9 heteroatoms. The van der Waals surface area contributed by atoms with Gasteiger partial charge in [0.1, 0.15) is 0 Å². The maximum atomic E-state index is 12.7. The lowest BCUT2D eigenvalue weighted by molar-refractivity contribution is -0.116. The van der Waals surface area contributed by atoms with E-state index in [-0.39, 0.29) is 23.2 Å². The van der Waals surface area contributed by atoms with E-state index in [2.05, 4.69) is 16.0 Å². The number of hydrogen-bond donors (Lipinski definition) is 3. The van der Waals surface area contributed by atoms with E-state index in [1.165, 1.54) is 10.4 Å². The second-order valence-corrected chi connectivity index (χ2v) is 8.43. The van der Waals surface area contributed by atoms with Crippen molar-refractivity contribution in [2.24, 2.45) is 5.92 Å². The zero-order chi connectivity index (χ0) is 19.2. The fraction of sp³-hybridized carbons (Fsp3) is 0.611. The number of carbonyl (C=O) groups excluding carboxylic acids is 1. The summed E-state index contributed by atoms with van der Waals surface area (Å²) in [4.78, 5) is 12.5. The van der Waals surface area contributed by atoms with E-state index in [9.17, 15) is 13.2 Å². The molecule has 1 aliphatic rings. The molecule has 1 saturated heterocycles. The number of rotatable bonds is 9. The van der Waals surface area contributed by atoms with E-state index in [0.717, 1.165) is 25.9 Å². The lowest BCUT2D eigenvalue weighted by Crippen LogP contribution is -2.30. The minimum Gasteiger partial charge on any atom is -0.386 e. The second kappa shape index (κ2) is 10.8. The molecule has 0 spiro atoms. The molecule has 1 aliphatic heterocycles. The first-order chi connectivity index (χ1) is 12.4. The number of benzene rings is 1. The zero-order valence-corrected chi connectivity index (χ0v) is 17.9. The summed E-state index contributed by atoms with van der Waals surface area (Å²) in [5.74, 6) is 0.449. The van der Waals surface area contributed by atoms with Crippen molar-refractivity contribution in [3.05, 3.63) is 18.2 Å². The molecular formula is C18H31ClN4O3S. The largest absolute Gasteiger partial charge is 0.386 e. The molecule has 2 rings (SSSR count). The monoisotopic (exact) mass is 418 g/mol. The highest BCUT2D eigenvalue weighted by molar-refractivity contribution is 7.89. The van der Waals surface area contributed by atoms with Crippen molar-refractivity contribution in [2.75, 3.05) is 43.9 Å². The fourth-order valence-electron chi connectivity index (χ4n) is 3.23. The standard InChI is InChI=1S/C18H30N4O3S.ClH/c1-4-22(5-2)26(24,25)15-7-8-16(19-3)17(12-15)21-18(23)9-6-14-10-11-20-13-14;/h7-8,12,14,19-20H,4-6,9-11,13H2,1-3H3,(H,21,23);1H. The summed E-state index contributed by atoms with van der Waals surface area (Å²) in [7, 11) is -1.82. The third kappa shape index (κ3) is 6.07. The molecular weight excluding hydrogens is 388 g/mol.